The minimum absolute atomic E-state index is 0.831. The Morgan fingerprint density at radius 1 is 1.40 bits per heavy atom. The van der Waals surface area contributed by atoms with Gasteiger partial charge in [0.25, 0.3) is 0 Å². The van der Waals surface area contributed by atoms with Gasteiger partial charge < -0.3 is 14.6 Å². The highest BCUT2D eigenvalue weighted by Crippen LogP contribution is 2.04. The normalized spacial score (nSPS) is 10.5. The SMILES string of the molecule is CCCOCCCn1ccnc1NCC. The summed E-state index contributed by atoms with van der Waals surface area (Å²) in [4.78, 5) is 4.23. The Labute approximate surface area is 91.7 Å². The van der Waals surface area contributed by atoms with Crippen molar-refractivity contribution in [2.45, 2.75) is 33.2 Å². The summed E-state index contributed by atoms with van der Waals surface area (Å²) in [6.45, 7) is 7.76. The number of hydrogen-bond donors (Lipinski definition) is 1. The Morgan fingerprint density at radius 3 is 3.00 bits per heavy atom. The van der Waals surface area contributed by atoms with Gasteiger partial charge in [0, 0.05) is 38.7 Å². The molecule has 0 aliphatic rings. The maximum Gasteiger partial charge on any atom is 0.202 e. The summed E-state index contributed by atoms with van der Waals surface area (Å²) >= 11 is 0. The summed E-state index contributed by atoms with van der Waals surface area (Å²) in [5.74, 6) is 0.952. The summed E-state index contributed by atoms with van der Waals surface area (Å²) < 4.78 is 7.55. The van der Waals surface area contributed by atoms with Gasteiger partial charge in [-0.2, -0.15) is 0 Å². The minimum atomic E-state index is 0.831. The number of aryl methyl sites for hydroxylation is 1. The monoisotopic (exact) mass is 211 g/mol. The molecule has 0 saturated carbocycles. The molecule has 0 amide bonds. The molecule has 1 N–H and O–H groups in total. The number of imidazole rings is 1. The predicted octanol–water partition coefficient (Wildman–Crippen LogP) is 2.13. The third kappa shape index (κ3) is 4.34. The Bertz CT molecular complexity index is 260. The van der Waals surface area contributed by atoms with Crippen LogP contribution in [0.5, 0.6) is 0 Å². The van der Waals surface area contributed by atoms with Crippen molar-refractivity contribution < 1.29 is 4.74 Å². The van der Waals surface area contributed by atoms with Crippen LogP contribution in [0.25, 0.3) is 0 Å². The molecule has 86 valence electrons. The minimum Gasteiger partial charge on any atom is -0.381 e. The van der Waals surface area contributed by atoms with Crippen LogP contribution in [0.15, 0.2) is 12.4 Å². The summed E-state index contributed by atoms with van der Waals surface area (Å²) in [6.07, 6.45) is 5.95. The summed E-state index contributed by atoms with van der Waals surface area (Å²) in [7, 11) is 0. The lowest BCUT2D eigenvalue weighted by atomic mass is 10.4. The molecule has 0 spiro atoms. The van der Waals surface area contributed by atoms with Crippen molar-refractivity contribution in [3.05, 3.63) is 12.4 Å². The van der Waals surface area contributed by atoms with E-state index < -0.39 is 0 Å². The highest BCUT2D eigenvalue weighted by atomic mass is 16.5. The lowest BCUT2D eigenvalue weighted by Gasteiger charge is -2.08. The lowest BCUT2D eigenvalue weighted by Crippen LogP contribution is -2.08. The van der Waals surface area contributed by atoms with E-state index in [1.54, 1.807) is 0 Å². The average Bonchev–Trinajstić information content (AvgIpc) is 2.66. The molecule has 1 rings (SSSR count). The van der Waals surface area contributed by atoms with Crippen molar-refractivity contribution in [2.75, 3.05) is 25.1 Å². The van der Waals surface area contributed by atoms with E-state index in [0.29, 0.717) is 0 Å². The van der Waals surface area contributed by atoms with Crippen LogP contribution in [0.2, 0.25) is 0 Å². The van der Waals surface area contributed by atoms with Gasteiger partial charge >= 0.3 is 0 Å². The van der Waals surface area contributed by atoms with Gasteiger partial charge in [-0.05, 0) is 19.8 Å². The van der Waals surface area contributed by atoms with Crippen molar-refractivity contribution in [1.82, 2.24) is 9.55 Å². The van der Waals surface area contributed by atoms with Gasteiger partial charge in [0.15, 0.2) is 0 Å². The molecule has 1 aromatic rings. The van der Waals surface area contributed by atoms with Crippen LogP contribution < -0.4 is 5.32 Å². The van der Waals surface area contributed by atoms with Crippen molar-refractivity contribution >= 4 is 5.95 Å². The van der Waals surface area contributed by atoms with Crippen molar-refractivity contribution in [3.8, 4) is 0 Å². The molecule has 4 nitrogen and oxygen atoms in total. The van der Waals surface area contributed by atoms with Crippen LogP contribution in [0.4, 0.5) is 5.95 Å². The molecule has 0 aliphatic carbocycles. The highest BCUT2D eigenvalue weighted by molar-refractivity contribution is 5.25. The molecule has 0 unspecified atom stereocenters. The molecule has 0 radical (unpaired) electrons. The van der Waals surface area contributed by atoms with Gasteiger partial charge in [-0.1, -0.05) is 6.92 Å². The van der Waals surface area contributed by atoms with E-state index >= 15 is 0 Å². The molecule has 0 saturated heterocycles. The molecule has 15 heavy (non-hydrogen) atoms. The second-order valence-corrected chi connectivity index (χ2v) is 3.44. The summed E-state index contributed by atoms with van der Waals surface area (Å²) in [5, 5.41) is 3.22. The number of ether oxygens (including phenoxy) is 1. The summed E-state index contributed by atoms with van der Waals surface area (Å²) in [6, 6.07) is 0. The molecular formula is C11H21N3O. The third-order valence-corrected chi connectivity index (χ3v) is 2.09. The largest absolute Gasteiger partial charge is 0.381 e. The Balaban J connectivity index is 2.21. The molecule has 1 aromatic heterocycles. The summed E-state index contributed by atoms with van der Waals surface area (Å²) in [5.41, 5.74) is 0. The first kappa shape index (κ1) is 12.0. The fraction of sp³-hybridized carbons (Fsp3) is 0.727. The second kappa shape index (κ2) is 7.29. The Kier molecular flexibility index (Phi) is 5.85. The van der Waals surface area contributed by atoms with E-state index in [4.69, 9.17) is 4.74 Å². The quantitative estimate of drug-likeness (QED) is 0.669. The van der Waals surface area contributed by atoms with Crippen LogP contribution in [-0.4, -0.2) is 29.3 Å². The zero-order valence-corrected chi connectivity index (χ0v) is 9.70. The van der Waals surface area contributed by atoms with E-state index in [-0.39, 0.29) is 0 Å². The lowest BCUT2D eigenvalue weighted by molar-refractivity contribution is 0.129. The van der Waals surface area contributed by atoms with Gasteiger partial charge in [0.05, 0.1) is 0 Å². The van der Waals surface area contributed by atoms with Crippen molar-refractivity contribution in [1.29, 1.82) is 0 Å². The van der Waals surface area contributed by atoms with Gasteiger partial charge in [-0.15, -0.1) is 0 Å². The zero-order chi connectivity index (χ0) is 10.9. The molecule has 0 fully saturated rings. The molecule has 0 atom stereocenters. The van der Waals surface area contributed by atoms with E-state index in [0.717, 1.165) is 45.1 Å². The number of nitrogens with one attached hydrogen (secondary N) is 1. The number of anilines is 1. The van der Waals surface area contributed by atoms with Gasteiger partial charge in [0.2, 0.25) is 5.95 Å². The molecular weight excluding hydrogens is 190 g/mol. The maximum atomic E-state index is 5.43. The van der Waals surface area contributed by atoms with Crippen LogP contribution in [0, 0.1) is 0 Å². The number of rotatable bonds is 8. The molecule has 4 heteroatoms. The van der Waals surface area contributed by atoms with Gasteiger partial charge in [-0.3, -0.25) is 0 Å². The van der Waals surface area contributed by atoms with E-state index in [9.17, 15) is 0 Å². The Morgan fingerprint density at radius 2 is 2.27 bits per heavy atom. The van der Waals surface area contributed by atoms with E-state index in [1.165, 1.54) is 0 Å². The zero-order valence-electron chi connectivity index (χ0n) is 9.70. The first-order valence-corrected chi connectivity index (χ1v) is 5.71. The number of nitrogens with zero attached hydrogens (tertiary/aromatic N) is 2. The fourth-order valence-electron chi connectivity index (χ4n) is 1.40. The van der Waals surface area contributed by atoms with Gasteiger partial charge in [0.1, 0.15) is 0 Å². The molecule has 0 aliphatic heterocycles. The van der Waals surface area contributed by atoms with Gasteiger partial charge in [-0.25, -0.2) is 4.98 Å². The van der Waals surface area contributed by atoms with Crippen LogP contribution in [-0.2, 0) is 11.3 Å². The molecule has 0 bridgehead atoms. The predicted molar refractivity (Wildman–Crippen MR) is 62.1 cm³/mol. The first-order valence-electron chi connectivity index (χ1n) is 5.71. The van der Waals surface area contributed by atoms with Crippen LogP contribution >= 0.6 is 0 Å². The van der Waals surface area contributed by atoms with Crippen LogP contribution in [0.3, 0.4) is 0 Å². The van der Waals surface area contributed by atoms with E-state index in [2.05, 4.69) is 28.7 Å². The Hall–Kier alpha value is -1.03. The highest BCUT2D eigenvalue weighted by Gasteiger charge is 1.99. The standard InChI is InChI=1S/C11H21N3O/c1-3-9-15-10-5-7-14-8-6-13-11(14)12-4-2/h6,8H,3-5,7,9-10H2,1-2H3,(H,12,13). The van der Waals surface area contributed by atoms with E-state index in [1.807, 2.05) is 12.4 Å². The third-order valence-electron chi connectivity index (χ3n) is 2.09. The average molecular weight is 211 g/mol. The molecule has 0 aromatic carbocycles. The maximum absolute atomic E-state index is 5.43. The molecule has 1 heterocycles. The smallest absolute Gasteiger partial charge is 0.202 e. The number of aromatic nitrogens is 2. The van der Waals surface area contributed by atoms with Crippen molar-refractivity contribution in [2.24, 2.45) is 0 Å². The second-order valence-electron chi connectivity index (χ2n) is 3.44. The number of hydrogen-bond acceptors (Lipinski definition) is 3. The first-order chi connectivity index (χ1) is 7.38. The topological polar surface area (TPSA) is 39.1 Å². The fourth-order valence-corrected chi connectivity index (χ4v) is 1.40. The van der Waals surface area contributed by atoms with Crippen molar-refractivity contribution in [3.63, 3.8) is 0 Å². The van der Waals surface area contributed by atoms with Crippen LogP contribution in [0.1, 0.15) is 26.7 Å².